The average Bonchev–Trinajstić information content (AvgIpc) is 3.34. The van der Waals surface area contributed by atoms with Gasteiger partial charge < -0.3 is 14.6 Å². The molecule has 0 bridgehead atoms. The van der Waals surface area contributed by atoms with E-state index >= 15 is 0 Å². The molecule has 10 heteroatoms. The normalized spacial score (nSPS) is 14.7. The molecule has 0 radical (unpaired) electrons. The van der Waals surface area contributed by atoms with Crippen LogP contribution in [0.3, 0.4) is 0 Å². The number of para-hydroxylation sites is 1. The molecule has 0 atom stereocenters. The molecule has 36 heavy (non-hydrogen) atoms. The number of rotatable bonds is 10. The maximum Gasteiger partial charge on any atom is 0.293 e. The summed E-state index contributed by atoms with van der Waals surface area (Å²) in [7, 11) is 1.61. The van der Waals surface area contributed by atoms with E-state index in [9.17, 15) is 19.2 Å². The second kappa shape index (κ2) is 11.6. The molecule has 3 aromatic rings. The van der Waals surface area contributed by atoms with Crippen molar-refractivity contribution in [3.05, 3.63) is 75.8 Å². The number of methoxy groups -OCH3 is 1. The molecule has 1 aromatic heterocycles. The minimum Gasteiger partial charge on any atom is -0.385 e. The monoisotopic (exact) mass is 525 g/mol. The Kier molecular flexibility index (Phi) is 8.25. The highest BCUT2D eigenvalue weighted by molar-refractivity contribution is 8.18. The van der Waals surface area contributed by atoms with Gasteiger partial charge in [-0.1, -0.05) is 29.8 Å². The van der Waals surface area contributed by atoms with Crippen molar-refractivity contribution in [2.24, 2.45) is 0 Å². The molecule has 1 aliphatic heterocycles. The summed E-state index contributed by atoms with van der Waals surface area (Å²) in [5, 5.41) is 3.69. The van der Waals surface area contributed by atoms with Gasteiger partial charge in [0.15, 0.2) is 5.78 Å². The third-order valence-electron chi connectivity index (χ3n) is 5.61. The van der Waals surface area contributed by atoms with Crippen LogP contribution in [-0.2, 0) is 20.9 Å². The van der Waals surface area contributed by atoms with Crippen LogP contribution in [0.1, 0.15) is 22.3 Å². The number of aromatic nitrogens is 1. The predicted octanol–water partition coefficient (Wildman–Crippen LogP) is 4.37. The van der Waals surface area contributed by atoms with Crippen LogP contribution >= 0.6 is 23.4 Å². The fourth-order valence-corrected chi connectivity index (χ4v) is 4.78. The number of fused-ring (bicyclic) bond motifs is 1. The van der Waals surface area contributed by atoms with E-state index in [0.717, 1.165) is 34.0 Å². The predicted molar refractivity (Wildman–Crippen MR) is 140 cm³/mol. The second-order valence-electron chi connectivity index (χ2n) is 8.12. The van der Waals surface area contributed by atoms with Crippen molar-refractivity contribution in [3.8, 4) is 0 Å². The highest BCUT2D eigenvalue weighted by Gasteiger charge is 2.36. The number of imide groups is 1. The van der Waals surface area contributed by atoms with Gasteiger partial charge in [-0.3, -0.25) is 24.1 Å². The number of thioether (sulfide) groups is 1. The van der Waals surface area contributed by atoms with Crippen LogP contribution < -0.4 is 5.32 Å². The van der Waals surface area contributed by atoms with Gasteiger partial charge in [0.05, 0.1) is 11.4 Å². The van der Waals surface area contributed by atoms with Crippen LogP contribution in [0.2, 0.25) is 5.02 Å². The summed E-state index contributed by atoms with van der Waals surface area (Å²) in [6.07, 6.45) is 4.13. The Labute approximate surface area is 217 Å². The Morgan fingerprint density at radius 2 is 1.83 bits per heavy atom. The molecular formula is C26H24ClN3O5S. The molecule has 1 fully saturated rings. The lowest BCUT2D eigenvalue weighted by molar-refractivity contribution is -0.122. The molecule has 0 aliphatic carbocycles. The number of hydrogen-bond donors (Lipinski definition) is 1. The van der Waals surface area contributed by atoms with E-state index in [1.54, 1.807) is 48.2 Å². The molecule has 2 heterocycles. The summed E-state index contributed by atoms with van der Waals surface area (Å²) in [5.74, 6) is -1.03. The number of ketones is 1. The first-order valence-electron chi connectivity index (χ1n) is 11.2. The van der Waals surface area contributed by atoms with Crippen LogP contribution in [0, 0.1) is 0 Å². The number of Topliss-reactive ketones (excluding diaryl/α,β-unsaturated/α-hetero) is 1. The molecule has 1 saturated heterocycles. The number of amides is 3. The summed E-state index contributed by atoms with van der Waals surface area (Å²) in [5.41, 5.74) is 1.89. The van der Waals surface area contributed by atoms with E-state index in [1.807, 2.05) is 24.3 Å². The minimum absolute atomic E-state index is 0.110. The number of ether oxygens (including phenoxy) is 1. The topological polar surface area (TPSA) is 97.7 Å². The van der Waals surface area contributed by atoms with Gasteiger partial charge in [0, 0.05) is 53.5 Å². The van der Waals surface area contributed by atoms with Gasteiger partial charge in [0.1, 0.15) is 6.54 Å². The van der Waals surface area contributed by atoms with Crippen molar-refractivity contribution in [2.75, 3.05) is 26.8 Å². The summed E-state index contributed by atoms with van der Waals surface area (Å²) >= 11 is 6.65. The Balaban J connectivity index is 1.52. The molecule has 3 amide bonds. The highest BCUT2D eigenvalue weighted by atomic mass is 35.5. The van der Waals surface area contributed by atoms with Crippen LogP contribution in [0.4, 0.5) is 4.79 Å². The SMILES string of the molecule is COCCCNC(=O)Cn1cc(/C=C2\SC(=O)N(CC(=O)c3ccc(Cl)cc3)C2=O)c2ccccc21. The summed E-state index contributed by atoms with van der Waals surface area (Å²) in [4.78, 5) is 51.7. The molecule has 0 saturated carbocycles. The van der Waals surface area contributed by atoms with Crippen molar-refractivity contribution < 1.29 is 23.9 Å². The Bertz CT molecular complexity index is 1350. The molecule has 8 nitrogen and oxygen atoms in total. The smallest absolute Gasteiger partial charge is 0.293 e. The number of hydrogen-bond acceptors (Lipinski definition) is 6. The lowest BCUT2D eigenvalue weighted by Gasteiger charge is -2.11. The van der Waals surface area contributed by atoms with Gasteiger partial charge in [-0.05, 0) is 54.6 Å². The molecule has 186 valence electrons. The second-order valence-corrected chi connectivity index (χ2v) is 9.55. The van der Waals surface area contributed by atoms with Gasteiger partial charge in [-0.2, -0.15) is 0 Å². The fourth-order valence-electron chi connectivity index (χ4n) is 3.82. The van der Waals surface area contributed by atoms with E-state index in [4.69, 9.17) is 16.3 Å². The summed E-state index contributed by atoms with van der Waals surface area (Å²) < 4.78 is 6.80. The van der Waals surface area contributed by atoms with Gasteiger partial charge >= 0.3 is 0 Å². The first-order valence-corrected chi connectivity index (χ1v) is 12.4. The number of carbonyl (C=O) groups is 4. The summed E-state index contributed by atoms with van der Waals surface area (Å²) in [6, 6.07) is 13.8. The molecule has 1 N–H and O–H groups in total. The molecule has 4 rings (SSSR count). The third kappa shape index (κ3) is 5.87. The van der Waals surface area contributed by atoms with Gasteiger partial charge in [0.25, 0.3) is 11.1 Å². The zero-order valence-electron chi connectivity index (χ0n) is 19.5. The molecule has 2 aromatic carbocycles. The maximum atomic E-state index is 13.0. The van der Waals surface area contributed by atoms with E-state index in [1.165, 1.54) is 0 Å². The standard InChI is InChI=1S/C26H24ClN3O5S/c1-35-12-4-11-28-24(32)16-29-14-18(20-5-2-3-6-21(20)29)13-23-25(33)30(26(34)36-23)15-22(31)17-7-9-19(27)10-8-17/h2-3,5-10,13-14H,4,11-12,15-16H2,1H3,(H,28,32)/b23-13-. The summed E-state index contributed by atoms with van der Waals surface area (Å²) in [6.45, 7) is 0.838. The largest absolute Gasteiger partial charge is 0.385 e. The van der Waals surface area contributed by atoms with Crippen molar-refractivity contribution in [2.45, 2.75) is 13.0 Å². The lowest BCUT2D eigenvalue weighted by Crippen LogP contribution is -2.33. The van der Waals surface area contributed by atoms with Crippen LogP contribution in [0.5, 0.6) is 0 Å². The maximum absolute atomic E-state index is 13.0. The quantitative estimate of drug-likeness (QED) is 0.240. The first kappa shape index (κ1) is 25.7. The van der Waals surface area contributed by atoms with Crippen molar-refractivity contribution >= 4 is 63.2 Å². The number of nitrogens with zero attached hydrogens (tertiary/aromatic N) is 2. The van der Waals surface area contributed by atoms with Gasteiger partial charge in [-0.25, -0.2) is 0 Å². The van der Waals surface area contributed by atoms with Crippen LogP contribution in [-0.4, -0.2) is 59.1 Å². The number of carbonyl (C=O) groups excluding carboxylic acids is 4. The zero-order valence-corrected chi connectivity index (χ0v) is 21.1. The minimum atomic E-state index is -0.528. The Hall–Kier alpha value is -3.40. The molecular weight excluding hydrogens is 502 g/mol. The van der Waals surface area contributed by atoms with Crippen LogP contribution in [0.25, 0.3) is 17.0 Å². The Morgan fingerprint density at radius 1 is 1.08 bits per heavy atom. The number of benzene rings is 2. The Morgan fingerprint density at radius 3 is 2.58 bits per heavy atom. The molecule has 0 unspecified atom stereocenters. The lowest BCUT2D eigenvalue weighted by atomic mass is 10.1. The molecule has 1 aliphatic rings. The van der Waals surface area contributed by atoms with E-state index in [-0.39, 0.29) is 29.7 Å². The van der Waals surface area contributed by atoms with Crippen LogP contribution in [0.15, 0.2) is 59.6 Å². The van der Waals surface area contributed by atoms with Crippen molar-refractivity contribution in [1.82, 2.24) is 14.8 Å². The van der Waals surface area contributed by atoms with Crippen molar-refractivity contribution in [1.29, 1.82) is 0 Å². The first-order chi connectivity index (χ1) is 17.4. The van der Waals surface area contributed by atoms with Gasteiger partial charge in [0.2, 0.25) is 5.91 Å². The van der Waals surface area contributed by atoms with E-state index in [2.05, 4.69) is 5.32 Å². The number of nitrogens with one attached hydrogen (secondary N) is 1. The van der Waals surface area contributed by atoms with E-state index in [0.29, 0.717) is 29.3 Å². The van der Waals surface area contributed by atoms with Gasteiger partial charge in [-0.15, -0.1) is 0 Å². The zero-order chi connectivity index (χ0) is 25.7. The third-order valence-corrected chi connectivity index (χ3v) is 6.77. The average molecular weight is 526 g/mol. The highest BCUT2D eigenvalue weighted by Crippen LogP contribution is 2.34. The number of halogens is 1. The fraction of sp³-hybridized carbons (Fsp3) is 0.231. The van der Waals surface area contributed by atoms with Crippen molar-refractivity contribution in [3.63, 3.8) is 0 Å². The molecule has 0 spiro atoms. The van der Waals surface area contributed by atoms with E-state index < -0.39 is 11.1 Å².